The molecule has 0 saturated carbocycles. The van der Waals surface area contributed by atoms with Crippen LogP contribution in [0.25, 0.3) is 6.08 Å². The van der Waals surface area contributed by atoms with Gasteiger partial charge in [0, 0.05) is 16.6 Å². The molecule has 1 heterocycles. The Bertz CT molecular complexity index is 898. The van der Waals surface area contributed by atoms with Crippen LogP contribution in [0.4, 0.5) is 4.79 Å². The molecule has 2 aromatic rings. The van der Waals surface area contributed by atoms with Gasteiger partial charge in [0.05, 0.1) is 12.0 Å². The zero-order valence-corrected chi connectivity index (χ0v) is 17.0. The van der Waals surface area contributed by atoms with Gasteiger partial charge in [-0.15, -0.1) is 0 Å². The molecule has 2 amide bonds. The number of nitrogens with zero attached hydrogens (tertiary/aromatic N) is 1. The van der Waals surface area contributed by atoms with Gasteiger partial charge in [-0.1, -0.05) is 46.3 Å². The van der Waals surface area contributed by atoms with Gasteiger partial charge in [-0.05, 0) is 48.4 Å². The molecule has 0 radical (unpaired) electrons. The molecule has 0 atom stereocenters. The highest BCUT2D eigenvalue weighted by Crippen LogP contribution is 2.38. The number of phenols is 1. The lowest BCUT2D eigenvalue weighted by Crippen LogP contribution is -2.29. The van der Waals surface area contributed by atoms with Crippen LogP contribution in [-0.4, -0.2) is 34.8 Å². The van der Waals surface area contributed by atoms with Gasteiger partial charge >= 0.3 is 0 Å². The molecule has 3 rings (SSSR count). The van der Waals surface area contributed by atoms with Gasteiger partial charge < -0.3 is 9.84 Å². The normalized spacial score (nSPS) is 15.6. The summed E-state index contributed by atoms with van der Waals surface area (Å²) in [5.74, 6) is -0.120. The van der Waals surface area contributed by atoms with Crippen molar-refractivity contribution in [1.29, 1.82) is 0 Å². The number of ether oxygens (including phenoxy) is 1. The number of carbonyl (C=O) groups excluding carboxylic acids is 2. The number of aryl methyl sites for hydroxylation is 1. The predicted octanol–water partition coefficient (Wildman–Crippen LogP) is 4.83. The van der Waals surface area contributed by atoms with E-state index in [1.54, 1.807) is 12.1 Å². The Morgan fingerprint density at radius 1 is 1.22 bits per heavy atom. The minimum atomic E-state index is -0.337. The minimum Gasteiger partial charge on any atom is -0.504 e. The van der Waals surface area contributed by atoms with E-state index >= 15 is 0 Å². The van der Waals surface area contributed by atoms with Crippen molar-refractivity contribution in [3.05, 3.63) is 63.0 Å². The average molecular weight is 448 g/mol. The molecule has 7 heteroatoms. The Morgan fingerprint density at radius 2 is 1.96 bits per heavy atom. The van der Waals surface area contributed by atoms with Crippen molar-refractivity contribution in [3.8, 4) is 11.5 Å². The summed E-state index contributed by atoms with van der Waals surface area (Å²) >= 11 is 4.23. The number of rotatable bonds is 6. The molecular formula is C20H18BrNO4S. The maximum atomic E-state index is 12.6. The summed E-state index contributed by atoms with van der Waals surface area (Å²) in [4.78, 5) is 26.4. The number of phenolic OH excluding ortho intramolecular Hbond substituents is 1. The summed E-state index contributed by atoms with van der Waals surface area (Å²) < 4.78 is 5.82. The summed E-state index contributed by atoms with van der Waals surface area (Å²) in [6.07, 6.45) is 3.02. The molecule has 1 N–H and O–H groups in total. The van der Waals surface area contributed by atoms with Crippen molar-refractivity contribution in [1.82, 2.24) is 4.90 Å². The molecule has 1 aliphatic heterocycles. The lowest BCUT2D eigenvalue weighted by atomic mass is 10.1. The number of halogens is 1. The second-order valence-electron chi connectivity index (χ2n) is 5.97. The van der Waals surface area contributed by atoms with Crippen LogP contribution in [-0.2, 0) is 11.2 Å². The fraction of sp³-hybridized carbons (Fsp3) is 0.200. The van der Waals surface area contributed by atoms with Gasteiger partial charge in [-0.2, -0.15) is 0 Å². The molecule has 0 aromatic heterocycles. The fourth-order valence-electron chi connectivity index (χ4n) is 2.78. The number of benzene rings is 2. The molecule has 0 unspecified atom stereocenters. The molecule has 27 heavy (non-hydrogen) atoms. The number of hydrogen-bond donors (Lipinski definition) is 1. The third kappa shape index (κ3) is 4.54. The number of amides is 2. The Hall–Kier alpha value is -2.25. The summed E-state index contributed by atoms with van der Waals surface area (Å²) in [6.45, 7) is 0.366. The minimum absolute atomic E-state index is 0.0726. The van der Waals surface area contributed by atoms with E-state index < -0.39 is 0 Å². The van der Waals surface area contributed by atoms with E-state index in [0.29, 0.717) is 23.0 Å². The number of aromatic hydroxyl groups is 1. The van der Waals surface area contributed by atoms with Crippen LogP contribution in [0, 0.1) is 0 Å². The van der Waals surface area contributed by atoms with Crippen molar-refractivity contribution in [2.24, 2.45) is 0 Å². The van der Waals surface area contributed by atoms with Crippen LogP contribution >= 0.6 is 27.7 Å². The van der Waals surface area contributed by atoms with Gasteiger partial charge in [0.25, 0.3) is 11.1 Å². The quantitative estimate of drug-likeness (QED) is 0.642. The van der Waals surface area contributed by atoms with E-state index in [0.717, 1.165) is 18.2 Å². The predicted molar refractivity (Wildman–Crippen MR) is 110 cm³/mol. The van der Waals surface area contributed by atoms with Crippen molar-refractivity contribution in [3.63, 3.8) is 0 Å². The van der Waals surface area contributed by atoms with E-state index in [4.69, 9.17) is 4.74 Å². The first-order valence-corrected chi connectivity index (χ1v) is 9.96. The van der Waals surface area contributed by atoms with Crippen LogP contribution < -0.4 is 4.74 Å². The third-order valence-corrected chi connectivity index (χ3v) is 5.50. The zero-order chi connectivity index (χ0) is 19.4. The highest BCUT2D eigenvalue weighted by atomic mass is 79.9. The SMILES string of the molecule is COc1cc(Br)cc(/C=C2/SC(=O)N(CCCc3ccccc3)C2=O)c1O. The van der Waals surface area contributed by atoms with Gasteiger partial charge in [-0.25, -0.2) is 0 Å². The summed E-state index contributed by atoms with van der Waals surface area (Å²) in [7, 11) is 1.45. The summed E-state index contributed by atoms with van der Waals surface area (Å²) in [5.41, 5.74) is 1.59. The maximum absolute atomic E-state index is 12.6. The van der Waals surface area contributed by atoms with Crippen LogP contribution in [0.5, 0.6) is 11.5 Å². The second kappa shape index (κ2) is 8.63. The number of imide groups is 1. The largest absolute Gasteiger partial charge is 0.504 e. The van der Waals surface area contributed by atoms with E-state index in [1.807, 2.05) is 30.3 Å². The number of methoxy groups -OCH3 is 1. The molecule has 1 aliphatic rings. The fourth-order valence-corrected chi connectivity index (χ4v) is 4.09. The Balaban J connectivity index is 1.72. The molecule has 0 aliphatic carbocycles. The molecular weight excluding hydrogens is 430 g/mol. The molecule has 1 fully saturated rings. The van der Waals surface area contributed by atoms with Crippen molar-refractivity contribution in [2.75, 3.05) is 13.7 Å². The molecule has 5 nitrogen and oxygen atoms in total. The van der Waals surface area contributed by atoms with Crippen LogP contribution in [0.15, 0.2) is 51.8 Å². The van der Waals surface area contributed by atoms with E-state index in [9.17, 15) is 14.7 Å². The van der Waals surface area contributed by atoms with Gasteiger partial charge in [0.2, 0.25) is 0 Å². The lowest BCUT2D eigenvalue weighted by Gasteiger charge is -2.12. The van der Waals surface area contributed by atoms with Gasteiger partial charge in [0.1, 0.15) is 0 Å². The smallest absolute Gasteiger partial charge is 0.293 e. The monoisotopic (exact) mass is 447 g/mol. The van der Waals surface area contributed by atoms with Crippen LogP contribution in [0.3, 0.4) is 0 Å². The second-order valence-corrected chi connectivity index (χ2v) is 7.88. The molecule has 0 bridgehead atoms. The molecule has 0 spiro atoms. The highest BCUT2D eigenvalue weighted by Gasteiger charge is 2.34. The number of carbonyl (C=O) groups is 2. The highest BCUT2D eigenvalue weighted by molar-refractivity contribution is 9.10. The first-order valence-electron chi connectivity index (χ1n) is 8.35. The number of hydrogen-bond acceptors (Lipinski definition) is 5. The topological polar surface area (TPSA) is 66.8 Å². The zero-order valence-electron chi connectivity index (χ0n) is 14.6. The third-order valence-electron chi connectivity index (χ3n) is 4.14. The van der Waals surface area contributed by atoms with Crippen molar-refractivity contribution >= 4 is 44.9 Å². The Labute approximate surface area is 170 Å². The molecule has 1 saturated heterocycles. The standard InChI is InChI=1S/C20H18BrNO4S/c1-26-16-12-15(21)10-14(18(16)23)11-17-19(24)22(20(25)27-17)9-5-8-13-6-3-2-4-7-13/h2-4,6-7,10-12,23H,5,8-9H2,1H3/b17-11+. The van der Waals surface area contributed by atoms with E-state index in [1.165, 1.54) is 23.6 Å². The Kier molecular flexibility index (Phi) is 6.23. The van der Waals surface area contributed by atoms with Crippen molar-refractivity contribution in [2.45, 2.75) is 12.8 Å². The lowest BCUT2D eigenvalue weighted by molar-refractivity contribution is -0.122. The summed E-state index contributed by atoms with van der Waals surface area (Å²) in [6, 6.07) is 13.2. The first-order chi connectivity index (χ1) is 13.0. The van der Waals surface area contributed by atoms with Crippen LogP contribution in [0.2, 0.25) is 0 Å². The Morgan fingerprint density at radius 3 is 2.67 bits per heavy atom. The van der Waals surface area contributed by atoms with Crippen molar-refractivity contribution < 1.29 is 19.4 Å². The van der Waals surface area contributed by atoms with Gasteiger partial charge in [-0.3, -0.25) is 14.5 Å². The average Bonchev–Trinajstić information content (AvgIpc) is 2.92. The molecule has 2 aromatic carbocycles. The maximum Gasteiger partial charge on any atom is 0.293 e. The van der Waals surface area contributed by atoms with Crippen LogP contribution in [0.1, 0.15) is 17.5 Å². The molecule has 140 valence electrons. The van der Waals surface area contributed by atoms with E-state index in [2.05, 4.69) is 15.9 Å². The summed E-state index contributed by atoms with van der Waals surface area (Å²) in [5, 5.41) is 9.96. The number of thioether (sulfide) groups is 1. The van der Waals surface area contributed by atoms with E-state index in [-0.39, 0.29) is 27.6 Å². The first kappa shape index (κ1) is 19.5. The van der Waals surface area contributed by atoms with Gasteiger partial charge in [0.15, 0.2) is 11.5 Å².